The van der Waals surface area contributed by atoms with Gasteiger partial charge < -0.3 is 10.6 Å². The van der Waals surface area contributed by atoms with Gasteiger partial charge >= 0.3 is 0 Å². The zero-order valence-corrected chi connectivity index (χ0v) is 11.2. The maximum Gasteiger partial charge on any atom is 0.224 e. The first-order valence-electron chi connectivity index (χ1n) is 7.20. The monoisotopic (exact) mass is 238 g/mol. The third-order valence-electron chi connectivity index (χ3n) is 4.47. The second-order valence-electron chi connectivity index (χ2n) is 5.96. The fourth-order valence-corrected chi connectivity index (χ4v) is 3.05. The molecular weight excluding hydrogens is 212 g/mol. The number of rotatable bonds is 2. The van der Waals surface area contributed by atoms with Gasteiger partial charge in [-0.25, -0.2) is 0 Å². The van der Waals surface area contributed by atoms with Gasteiger partial charge in [-0.1, -0.05) is 19.8 Å². The summed E-state index contributed by atoms with van der Waals surface area (Å²) in [5.74, 6) is 1.13. The Hall–Kier alpha value is -0.570. The lowest BCUT2D eigenvalue weighted by Gasteiger charge is -2.33. The SMILES string of the molecule is CC1CCC(C(=O)NC2CCCCC2C)CN1. The van der Waals surface area contributed by atoms with Gasteiger partial charge in [-0.15, -0.1) is 0 Å². The van der Waals surface area contributed by atoms with Crippen LogP contribution in [0.5, 0.6) is 0 Å². The number of carbonyl (C=O) groups is 1. The molecule has 2 aliphatic rings. The number of amides is 1. The molecule has 0 aromatic heterocycles. The standard InChI is InChI=1S/C14H26N2O/c1-10-5-3-4-6-13(10)16-14(17)12-8-7-11(2)15-9-12/h10-13,15H,3-9H2,1-2H3,(H,16,17). The van der Waals surface area contributed by atoms with E-state index in [0.717, 1.165) is 19.4 Å². The first-order valence-corrected chi connectivity index (χ1v) is 7.20. The van der Waals surface area contributed by atoms with Crippen molar-refractivity contribution in [3.05, 3.63) is 0 Å². The van der Waals surface area contributed by atoms with Crippen molar-refractivity contribution < 1.29 is 4.79 Å². The Morgan fingerprint density at radius 2 is 1.88 bits per heavy atom. The van der Waals surface area contributed by atoms with Crippen LogP contribution in [0.15, 0.2) is 0 Å². The molecule has 2 rings (SSSR count). The average molecular weight is 238 g/mol. The van der Waals surface area contributed by atoms with Crippen LogP contribution in [0.1, 0.15) is 52.4 Å². The smallest absolute Gasteiger partial charge is 0.224 e. The molecule has 3 heteroatoms. The summed E-state index contributed by atoms with van der Waals surface area (Å²) in [4.78, 5) is 12.2. The molecule has 0 spiro atoms. The predicted octanol–water partition coefficient (Wildman–Crippen LogP) is 2.07. The van der Waals surface area contributed by atoms with E-state index in [1.54, 1.807) is 0 Å². The number of hydrogen-bond donors (Lipinski definition) is 2. The molecule has 0 bridgehead atoms. The van der Waals surface area contributed by atoms with Crippen LogP contribution in [-0.4, -0.2) is 24.5 Å². The van der Waals surface area contributed by atoms with E-state index in [2.05, 4.69) is 24.5 Å². The summed E-state index contributed by atoms with van der Waals surface area (Å²) in [6.45, 7) is 5.32. The number of piperidine rings is 1. The van der Waals surface area contributed by atoms with Crippen molar-refractivity contribution in [2.75, 3.05) is 6.54 Å². The highest BCUT2D eigenvalue weighted by Gasteiger charge is 2.28. The zero-order chi connectivity index (χ0) is 12.3. The molecule has 98 valence electrons. The van der Waals surface area contributed by atoms with Crippen molar-refractivity contribution in [3.8, 4) is 0 Å². The van der Waals surface area contributed by atoms with Crippen molar-refractivity contribution >= 4 is 5.91 Å². The van der Waals surface area contributed by atoms with Crippen LogP contribution in [0.4, 0.5) is 0 Å². The summed E-state index contributed by atoms with van der Waals surface area (Å²) in [6.07, 6.45) is 7.21. The van der Waals surface area contributed by atoms with Crippen LogP contribution in [-0.2, 0) is 4.79 Å². The van der Waals surface area contributed by atoms with Crippen LogP contribution >= 0.6 is 0 Å². The third-order valence-corrected chi connectivity index (χ3v) is 4.47. The summed E-state index contributed by atoms with van der Waals surface area (Å²) in [7, 11) is 0. The van der Waals surface area contributed by atoms with Gasteiger partial charge in [-0.2, -0.15) is 0 Å². The maximum absolute atomic E-state index is 12.2. The van der Waals surface area contributed by atoms with E-state index in [1.807, 2.05) is 0 Å². The van der Waals surface area contributed by atoms with Crippen LogP contribution in [0.2, 0.25) is 0 Å². The molecule has 4 unspecified atom stereocenters. The molecule has 1 aliphatic carbocycles. The Bertz CT molecular complexity index is 259. The molecule has 3 nitrogen and oxygen atoms in total. The fourth-order valence-electron chi connectivity index (χ4n) is 3.05. The predicted molar refractivity (Wildman–Crippen MR) is 69.8 cm³/mol. The Labute approximate surface area is 105 Å². The van der Waals surface area contributed by atoms with Gasteiger partial charge in [0.05, 0.1) is 5.92 Å². The van der Waals surface area contributed by atoms with Crippen molar-refractivity contribution in [2.45, 2.75) is 64.5 Å². The molecular formula is C14H26N2O. The Morgan fingerprint density at radius 1 is 1.12 bits per heavy atom. The zero-order valence-electron chi connectivity index (χ0n) is 11.2. The lowest BCUT2D eigenvalue weighted by atomic mass is 9.85. The van der Waals surface area contributed by atoms with E-state index in [4.69, 9.17) is 0 Å². The van der Waals surface area contributed by atoms with Gasteiger partial charge in [0.15, 0.2) is 0 Å². The van der Waals surface area contributed by atoms with Crippen molar-refractivity contribution in [2.24, 2.45) is 11.8 Å². The molecule has 0 aromatic carbocycles. The van der Waals surface area contributed by atoms with Crippen molar-refractivity contribution in [1.29, 1.82) is 0 Å². The molecule has 4 atom stereocenters. The number of hydrogen-bond acceptors (Lipinski definition) is 2. The van der Waals surface area contributed by atoms with E-state index in [0.29, 0.717) is 18.0 Å². The van der Waals surface area contributed by atoms with Gasteiger partial charge in [-0.05, 0) is 38.5 Å². The second-order valence-corrected chi connectivity index (χ2v) is 5.96. The normalized spacial score (nSPS) is 38.7. The fraction of sp³-hybridized carbons (Fsp3) is 0.929. The molecule has 17 heavy (non-hydrogen) atoms. The first kappa shape index (κ1) is 12.9. The summed E-state index contributed by atoms with van der Waals surface area (Å²) < 4.78 is 0. The van der Waals surface area contributed by atoms with Crippen LogP contribution in [0, 0.1) is 11.8 Å². The highest BCUT2D eigenvalue weighted by Crippen LogP contribution is 2.24. The minimum atomic E-state index is 0.195. The second kappa shape index (κ2) is 5.85. The Balaban J connectivity index is 1.79. The summed E-state index contributed by atoms with van der Waals surface area (Å²) >= 11 is 0. The van der Waals surface area contributed by atoms with Gasteiger partial charge in [-0.3, -0.25) is 4.79 Å². The van der Waals surface area contributed by atoms with Crippen molar-refractivity contribution in [1.82, 2.24) is 10.6 Å². The first-order chi connectivity index (χ1) is 8.16. The highest BCUT2D eigenvalue weighted by molar-refractivity contribution is 5.79. The van der Waals surface area contributed by atoms with E-state index < -0.39 is 0 Å². The quantitative estimate of drug-likeness (QED) is 0.773. The van der Waals surface area contributed by atoms with Crippen LogP contribution in [0.3, 0.4) is 0 Å². The van der Waals surface area contributed by atoms with Gasteiger partial charge in [0.2, 0.25) is 5.91 Å². The summed E-state index contributed by atoms with van der Waals surface area (Å²) in [6, 6.07) is 1.00. The molecule has 1 saturated heterocycles. The molecule has 2 N–H and O–H groups in total. The van der Waals surface area contributed by atoms with E-state index >= 15 is 0 Å². The van der Waals surface area contributed by atoms with E-state index in [1.165, 1.54) is 25.7 Å². The molecule has 0 radical (unpaired) electrons. The maximum atomic E-state index is 12.2. The van der Waals surface area contributed by atoms with Gasteiger partial charge in [0.1, 0.15) is 0 Å². The summed E-state index contributed by atoms with van der Waals surface area (Å²) in [5, 5.41) is 6.67. The topological polar surface area (TPSA) is 41.1 Å². The molecule has 1 amide bonds. The van der Waals surface area contributed by atoms with Crippen LogP contribution < -0.4 is 10.6 Å². The van der Waals surface area contributed by atoms with E-state index in [9.17, 15) is 4.79 Å². The minimum absolute atomic E-state index is 0.195. The van der Waals surface area contributed by atoms with Gasteiger partial charge in [0, 0.05) is 18.6 Å². The molecule has 1 aliphatic heterocycles. The third kappa shape index (κ3) is 3.44. The van der Waals surface area contributed by atoms with Gasteiger partial charge in [0.25, 0.3) is 0 Å². The highest BCUT2D eigenvalue weighted by atomic mass is 16.2. The summed E-state index contributed by atoms with van der Waals surface area (Å²) in [5.41, 5.74) is 0. The largest absolute Gasteiger partial charge is 0.353 e. The van der Waals surface area contributed by atoms with Crippen molar-refractivity contribution in [3.63, 3.8) is 0 Å². The number of nitrogens with one attached hydrogen (secondary N) is 2. The Kier molecular flexibility index (Phi) is 4.43. The number of carbonyl (C=O) groups excluding carboxylic acids is 1. The van der Waals surface area contributed by atoms with E-state index in [-0.39, 0.29) is 11.8 Å². The molecule has 0 aromatic rings. The average Bonchev–Trinajstić information content (AvgIpc) is 2.33. The van der Waals surface area contributed by atoms with Crippen LogP contribution in [0.25, 0.3) is 0 Å². The lowest BCUT2D eigenvalue weighted by molar-refractivity contribution is -0.127. The Morgan fingerprint density at radius 3 is 2.53 bits per heavy atom. The lowest BCUT2D eigenvalue weighted by Crippen LogP contribution is -2.48. The minimum Gasteiger partial charge on any atom is -0.353 e. The molecule has 2 fully saturated rings. The molecule has 1 heterocycles. The molecule has 1 saturated carbocycles.